The van der Waals surface area contributed by atoms with Gasteiger partial charge in [0.1, 0.15) is 5.75 Å². The third-order valence-electron chi connectivity index (χ3n) is 1.85. The molecule has 72 valence electrons. The predicted molar refractivity (Wildman–Crippen MR) is 58.7 cm³/mol. The monoisotopic (exact) mass is 196 g/mol. The second-order valence-corrected chi connectivity index (χ2v) is 3.57. The molecule has 0 aromatic heterocycles. The Morgan fingerprint density at radius 3 is 2.46 bits per heavy atom. The molecule has 0 aliphatic carbocycles. The highest BCUT2D eigenvalue weighted by Gasteiger charge is 1.92. The van der Waals surface area contributed by atoms with Crippen LogP contribution in [-0.2, 0) is 0 Å². The van der Waals surface area contributed by atoms with Gasteiger partial charge in [0.2, 0.25) is 0 Å². The zero-order valence-corrected chi connectivity index (χ0v) is 8.89. The number of rotatable bonds is 5. The fraction of sp³-hybridized carbons (Fsp3) is 0.455. The summed E-state index contributed by atoms with van der Waals surface area (Å²) in [5.74, 6) is 0.939. The molecule has 0 unspecified atom stereocenters. The summed E-state index contributed by atoms with van der Waals surface area (Å²) in [5.41, 5.74) is 0. The molecule has 0 spiro atoms. The van der Waals surface area contributed by atoms with Crippen molar-refractivity contribution in [1.29, 1.82) is 0 Å². The van der Waals surface area contributed by atoms with Crippen LogP contribution >= 0.6 is 12.6 Å². The maximum Gasteiger partial charge on any atom is 0.119 e. The fourth-order valence-corrected chi connectivity index (χ4v) is 1.23. The summed E-state index contributed by atoms with van der Waals surface area (Å²) in [5, 5.41) is 0. The molecule has 0 amide bonds. The molecule has 0 atom stereocenters. The number of unbranched alkanes of at least 4 members (excludes halogenated alkanes) is 2. The van der Waals surface area contributed by atoms with E-state index in [9.17, 15) is 0 Å². The number of thiol groups is 1. The Morgan fingerprint density at radius 1 is 1.15 bits per heavy atom. The Labute approximate surface area is 85.5 Å². The van der Waals surface area contributed by atoms with Crippen molar-refractivity contribution in [2.45, 2.75) is 31.1 Å². The molecule has 0 fully saturated rings. The first-order chi connectivity index (χ1) is 6.33. The minimum absolute atomic E-state index is 0.819. The second kappa shape index (κ2) is 5.92. The van der Waals surface area contributed by atoms with Crippen molar-refractivity contribution in [3.05, 3.63) is 24.3 Å². The maximum atomic E-state index is 5.53. The van der Waals surface area contributed by atoms with Crippen LogP contribution < -0.4 is 4.74 Å². The molecular formula is C11H16OS. The Morgan fingerprint density at radius 2 is 1.85 bits per heavy atom. The van der Waals surface area contributed by atoms with E-state index in [1.165, 1.54) is 12.8 Å². The highest BCUT2D eigenvalue weighted by Crippen LogP contribution is 2.14. The van der Waals surface area contributed by atoms with Gasteiger partial charge in [0.15, 0.2) is 0 Å². The van der Waals surface area contributed by atoms with Gasteiger partial charge in [-0.2, -0.15) is 0 Å². The average Bonchev–Trinajstić information content (AvgIpc) is 2.15. The molecule has 0 N–H and O–H groups in total. The molecule has 0 bridgehead atoms. The summed E-state index contributed by atoms with van der Waals surface area (Å²) < 4.78 is 5.53. The van der Waals surface area contributed by atoms with Crippen LogP contribution in [0.15, 0.2) is 29.2 Å². The summed E-state index contributed by atoms with van der Waals surface area (Å²) in [6.07, 6.45) is 3.61. The van der Waals surface area contributed by atoms with Gasteiger partial charge in [0, 0.05) is 4.90 Å². The van der Waals surface area contributed by atoms with Gasteiger partial charge in [0.05, 0.1) is 6.61 Å². The molecule has 13 heavy (non-hydrogen) atoms. The first-order valence-electron chi connectivity index (χ1n) is 4.74. The Hall–Kier alpha value is -0.630. The molecular weight excluding hydrogens is 180 g/mol. The predicted octanol–water partition coefficient (Wildman–Crippen LogP) is 3.54. The van der Waals surface area contributed by atoms with Crippen LogP contribution in [0.3, 0.4) is 0 Å². The van der Waals surface area contributed by atoms with Gasteiger partial charge in [-0.3, -0.25) is 0 Å². The largest absolute Gasteiger partial charge is 0.494 e. The topological polar surface area (TPSA) is 9.23 Å². The first-order valence-corrected chi connectivity index (χ1v) is 5.19. The van der Waals surface area contributed by atoms with Crippen LogP contribution in [0.1, 0.15) is 26.2 Å². The normalized spacial score (nSPS) is 10.0. The van der Waals surface area contributed by atoms with Crippen molar-refractivity contribution >= 4 is 12.6 Å². The lowest BCUT2D eigenvalue weighted by Gasteiger charge is -2.04. The molecule has 2 heteroatoms. The van der Waals surface area contributed by atoms with Crippen molar-refractivity contribution < 1.29 is 4.74 Å². The van der Waals surface area contributed by atoms with Crippen molar-refractivity contribution in [2.24, 2.45) is 0 Å². The highest BCUT2D eigenvalue weighted by molar-refractivity contribution is 7.80. The highest BCUT2D eigenvalue weighted by atomic mass is 32.1. The van der Waals surface area contributed by atoms with Gasteiger partial charge in [-0.1, -0.05) is 19.8 Å². The van der Waals surface area contributed by atoms with E-state index in [0.29, 0.717) is 0 Å². The van der Waals surface area contributed by atoms with Crippen molar-refractivity contribution in [2.75, 3.05) is 6.61 Å². The maximum absolute atomic E-state index is 5.53. The number of hydrogen-bond acceptors (Lipinski definition) is 2. The number of hydrogen-bond donors (Lipinski definition) is 1. The SMILES string of the molecule is CCCCCOc1ccc(S)cc1. The van der Waals surface area contributed by atoms with E-state index >= 15 is 0 Å². The van der Waals surface area contributed by atoms with Crippen LogP contribution in [0.5, 0.6) is 5.75 Å². The molecule has 0 aliphatic heterocycles. The quantitative estimate of drug-likeness (QED) is 0.560. The molecule has 0 saturated carbocycles. The van der Waals surface area contributed by atoms with E-state index in [0.717, 1.165) is 23.7 Å². The Kier molecular flexibility index (Phi) is 4.76. The molecule has 1 nitrogen and oxygen atoms in total. The van der Waals surface area contributed by atoms with E-state index in [-0.39, 0.29) is 0 Å². The van der Waals surface area contributed by atoms with Crippen LogP contribution in [0.4, 0.5) is 0 Å². The molecule has 0 radical (unpaired) electrons. The van der Waals surface area contributed by atoms with Gasteiger partial charge in [-0.05, 0) is 30.7 Å². The fourth-order valence-electron chi connectivity index (χ4n) is 1.08. The van der Waals surface area contributed by atoms with E-state index in [4.69, 9.17) is 4.74 Å². The molecule has 1 aromatic rings. The lowest BCUT2D eigenvalue weighted by molar-refractivity contribution is 0.306. The molecule has 0 saturated heterocycles. The number of benzene rings is 1. The van der Waals surface area contributed by atoms with Crippen molar-refractivity contribution in [3.63, 3.8) is 0 Å². The molecule has 0 heterocycles. The third kappa shape index (κ3) is 4.23. The minimum Gasteiger partial charge on any atom is -0.494 e. The number of ether oxygens (including phenoxy) is 1. The zero-order valence-electron chi connectivity index (χ0n) is 7.99. The summed E-state index contributed by atoms with van der Waals surface area (Å²) >= 11 is 4.20. The minimum atomic E-state index is 0.819. The van der Waals surface area contributed by atoms with Gasteiger partial charge < -0.3 is 4.74 Å². The van der Waals surface area contributed by atoms with Gasteiger partial charge in [-0.25, -0.2) is 0 Å². The molecule has 1 aromatic carbocycles. The smallest absolute Gasteiger partial charge is 0.119 e. The van der Waals surface area contributed by atoms with Crippen LogP contribution in [0.25, 0.3) is 0 Å². The van der Waals surface area contributed by atoms with Gasteiger partial charge in [-0.15, -0.1) is 12.6 Å². The average molecular weight is 196 g/mol. The first kappa shape index (κ1) is 10.5. The molecule has 0 aliphatic rings. The summed E-state index contributed by atoms with van der Waals surface area (Å²) in [4.78, 5) is 0.973. The van der Waals surface area contributed by atoms with Crippen LogP contribution in [-0.4, -0.2) is 6.61 Å². The summed E-state index contributed by atoms with van der Waals surface area (Å²) in [6, 6.07) is 7.79. The third-order valence-corrected chi connectivity index (χ3v) is 2.15. The van der Waals surface area contributed by atoms with E-state index in [1.54, 1.807) is 0 Å². The van der Waals surface area contributed by atoms with Crippen molar-refractivity contribution in [1.82, 2.24) is 0 Å². The van der Waals surface area contributed by atoms with Gasteiger partial charge >= 0.3 is 0 Å². The lowest BCUT2D eigenvalue weighted by Crippen LogP contribution is -1.96. The molecule has 1 rings (SSSR count). The zero-order chi connectivity index (χ0) is 9.52. The van der Waals surface area contributed by atoms with Crippen LogP contribution in [0, 0.1) is 0 Å². The standard InChI is InChI=1S/C11H16OS/c1-2-3-4-9-12-10-5-7-11(13)8-6-10/h5-8,13H,2-4,9H2,1H3. The summed E-state index contributed by atoms with van der Waals surface area (Å²) in [7, 11) is 0. The van der Waals surface area contributed by atoms with Gasteiger partial charge in [0.25, 0.3) is 0 Å². The van der Waals surface area contributed by atoms with Crippen LogP contribution in [0.2, 0.25) is 0 Å². The summed E-state index contributed by atoms with van der Waals surface area (Å²) in [6.45, 7) is 3.01. The van der Waals surface area contributed by atoms with E-state index < -0.39 is 0 Å². The van der Waals surface area contributed by atoms with Crippen molar-refractivity contribution in [3.8, 4) is 5.75 Å². The van der Waals surface area contributed by atoms with E-state index in [2.05, 4.69) is 19.6 Å². The lowest BCUT2D eigenvalue weighted by atomic mass is 10.3. The Bertz CT molecular complexity index is 230. The Balaban J connectivity index is 2.25. The van der Waals surface area contributed by atoms with E-state index in [1.807, 2.05) is 24.3 Å². The second-order valence-electron chi connectivity index (χ2n) is 3.05.